The maximum absolute atomic E-state index is 13.7. The summed E-state index contributed by atoms with van der Waals surface area (Å²) in [6.07, 6.45) is 0. The molecule has 9 nitrogen and oxygen atoms in total. The lowest BCUT2D eigenvalue weighted by molar-refractivity contribution is 0.200. The molecule has 1 N–H and O–H groups in total. The first-order chi connectivity index (χ1) is 19.9. The van der Waals surface area contributed by atoms with Gasteiger partial charge in [-0.05, 0) is 83.1 Å². The minimum atomic E-state index is -0.405. The molecule has 1 aliphatic heterocycles. The molecule has 0 spiro atoms. The molecule has 1 fully saturated rings. The SMILES string of the molecule is COc1ccc(Cn2nnnc2[C@H](c2cc3cccc(C)c3[nH]c2=O)N2CCN(c3cc(C)ccc3C)CC2)cc1. The molecule has 0 unspecified atom stereocenters. The van der Waals surface area contributed by atoms with E-state index < -0.39 is 6.04 Å². The van der Waals surface area contributed by atoms with E-state index >= 15 is 0 Å². The number of hydrogen-bond acceptors (Lipinski definition) is 7. The van der Waals surface area contributed by atoms with Crippen LogP contribution < -0.4 is 15.2 Å². The van der Waals surface area contributed by atoms with Crippen molar-refractivity contribution in [3.8, 4) is 5.75 Å². The summed E-state index contributed by atoms with van der Waals surface area (Å²) in [5.41, 5.74) is 7.26. The van der Waals surface area contributed by atoms with Gasteiger partial charge in [-0.2, -0.15) is 0 Å². The normalized spacial score (nSPS) is 14.9. The number of methoxy groups -OCH3 is 1. The van der Waals surface area contributed by atoms with Gasteiger partial charge in [0.15, 0.2) is 5.82 Å². The molecule has 1 atom stereocenters. The fraction of sp³-hybridized carbons (Fsp3) is 0.312. The number of pyridine rings is 1. The van der Waals surface area contributed by atoms with Crippen molar-refractivity contribution >= 4 is 16.6 Å². The van der Waals surface area contributed by atoms with Crippen LogP contribution in [0.3, 0.4) is 0 Å². The third-order valence-electron chi connectivity index (χ3n) is 8.09. The third kappa shape index (κ3) is 5.32. The van der Waals surface area contributed by atoms with Crippen LogP contribution >= 0.6 is 0 Å². The van der Waals surface area contributed by atoms with E-state index in [0.29, 0.717) is 17.9 Å². The first-order valence-electron chi connectivity index (χ1n) is 14.0. The number of H-pyrrole nitrogens is 1. The van der Waals surface area contributed by atoms with E-state index in [1.54, 1.807) is 7.11 Å². The summed E-state index contributed by atoms with van der Waals surface area (Å²) in [6, 6.07) is 22.1. The number of ether oxygens (including phenoxy) is 1. The molecule has 0 bridgehead atoms. The number of nitrogens with zero attached hydrogens (tertiary/aromatic N) is 6. The Kier molecular flexibility index (Phi) is 7.28. The number of aromatic amines is 1. The molecule has 0 saturated carbocycles. The van der Waals surface area contributed by atoms with Gasteiger partial charge in [-0.25, -0.2) is 4.68 Å². The van der Waals surface area contributed by atoms with Crippen LogP contribution in [-0.4, -0.2) is 63.4 Å². The predicted octanol–water partition coefficient (Wildman–Crippen LogP) is 4.41. The summed E-state index contributed by atoms with van der Waals surface area (Å²) in [6.45, 7) is 9.99. The molecule has 2 aromatic heterocycles. The Morgan fingerprint density at radius 3 is 2.46 bits per heavy atom. The summed E-state index contributed by atoms with van der Waals surface area (Å²) in [7, 11) is 1.65. The number of benzene rings is 3. The van der Waals surface area contributed by atoms with Crippen LogP contribution in [0.25, 0.3) is 10.9 Å². The largest absolute Gasteiger partial charge is 0.497 e. The quantitative estimate of drug-likeness (QED) is 0.322. The number of hydrogen-bond donors (Lipinski definition) is 1. The molecular weight excluding hydrogens is 514 g/mol. The van der Waals surface area contributed by atoms with Gasteiger partial charge in [0.25, 0.3) is 5.56 Å². The summed E-state index contributed by atoms with van der Waals surface area (Å²) in [5, 5.41) is 13.9. The molecule has 5 aromatic rings. The van der Waals surface area contributed by atoms with Gasteiger partial charge in [0.1, 0.15) is 11.8 Å². The Bertz CT molecular complexity index is 1730. The highest BCUT2D eigenvalue weighted by molar-refractivity contribution is 5.82. The van der Waals surface area contributed by atoms with Gasteiger partial charge in [0.2, 0.25) is 0 Å². The molecule has 1 aliphatic rings. The molecule has 1 saturated heterocycles. The molecule has 3 heterocycles. The first-order valence-corrected chi connectivity index (χ1v) is 14.0. The van der Waals surface area contributed by atoms with Gasteiger partial charge in [0.05, 0.1) is 19.2 Å². The Morgan fingerprint density at radius 2 is 1.71 bits per heavy atom. The number of rotatable bonds is 7. The number of fused-ring (bicyclic) bond motifs is 1. The van der Waals surface area contributed by atoms with Crippen LogP contribution in [0.5, 0.6) is 5.75 Å². The number of anilines is 1. The van der Waals surface area contributed by atoms with Crippen molar-refractivity contribution in [1.29, 1.82) is 0 Å². The molecule has 9 heteroatoms. The zero-order valence-electron chi connectivity index (χ0n) is 24.0. The minimum Gasteiger partial charge on any atom is -0.497 e. The Hall–Kier alpha value is -4.50. The van der Waals surface area contributed by atoms with E-state index in [2.05, 4.69) is 62.4 Å². The van der Waals surface area contributed by atoms with Gasteiger partial charge < -0.3 is 14.6 Å². The third-order valence-corrected chi connectivity index (χ3v) is 8.09. The lowest BCUT2D eigenvalue weighted by Crippen LogP contribution is -2.49. The van der Waals surface area contributed by atoms with Gasteiger partial charge in [-0.15, -0.1) is 5.10 Å². The second-order valence-corrected chi connectivity index (χ2v) is 10.9. The van der Waals surface area contributed by atoms with Gasteiger partial charge in [0, 0.05) is 37.4 Å². The zero-order valence-corrected chi connectivity index (χ0v) is 24.0. The molecular formula is C32H35N7O2. The standard InChI is InChI=1S/C32H35N7O2/c1-21-8-9-22(2)28(18-21)37-14-16-38(17-15-37)30(27-19-25-7-5-6-23(3)29(25)33-32(27)40)31-34-35-36-39(31)20-24-10-12-26(41-4)13-11-24/h5-13,18-19,30H,14-17,20H2,1-4H3,(H,33,40)/t30-/m0/s1. The average Bonchev–Trinajstić information content (AvgIpc) is 3.43. The lowest BCUT2D eigenvalue weighted by Gasteiger charge is -2.40. The summed E-state index contributed by atoms with van der Waals surface area (Å²) < 4.78 is 7.13. The topological polar surface area (TPSA) is 92.2 Å². The van der Waals surface area contributed by atoms with E-state index in [0.717, 1.165) is 54.0 Å². The maximum atomic E-state index is 13.7. The Morgan fingerprint density at radius 1 is 0.927 bits per heavy atom. The van der Waals surface area contributed by atoms with E-state index in [1.807, 2.05) is 60.1 Å². The molecule has 0 aliphatic carbocycles. The molecule has 41 heavy (non-hydrogen) atoms. The van der Waals surface area contributed by atoms with Crippen molar-refractivity contribution in [2.24, 2.45) is 0 Å². The molecule has 210 valence electrons. The van der Waals surface area contributed by atoms with Crippen molar-refractivity contribution in [3.63, 3.8) is 0 Å². The highest BCUT2D eigenvalue weighted by atomic mass is 16.5. The molecule has 6 rings (SSSR count). The van der Waals surface area contributed by atoms with E-state index in [4.69, 9.17) is 4.74 Å². The summed E-state index contributed by atoms with van der Waals surface area (Å²) in [5.74, 6) is 1.45. The fourth-order valence-electron chi connectivity index (χ4n) is 5.81. The number of para-hydroxylation sites is 1. The van der Waals surface area contributed by atoms with Gasteiger partial charge in [-0.3, -0.25) is 9.69 Å². The maximum Gasteiger partial charge on any atom is 0.253 e. The highest BCUT2D eigenvalue weighted by Gasteiger charge is 2.33. The predicted molar refractivity (Wildman–Crippen MR) is 161 cm³/mol. The van der Waals surface area contributed by atoms with E-state index in [1.165, 1.54) is 16.8 Å². The van der Waals surface area contributed by atoms with Crippen molar-refractivity contribution in [3.05, 3.63) is 111 Å². The van der Waals surface area contributed by atoms with Crippen LogP contribution in [0.15, 0.2) is 71.5 Å². The summed E-state index contributed by atoms with van der Waals surface area (Å²) in [4.78, 5) is 21.6. The second-order valence-electron chi connectivity index (χ2n) is 10.9. The van der Waals surface area contributed by atoms with Crippen molar-refractivity contribution in [2.45, 2.75) is 33.4 Å². The Balaban J connectivity index is 1.38. The second kappa shape index (κ2) is 11.2. The fourth-order valence-corrected chi connectivity index (χ4v) is 5.81. The van der Waals surface area contributed by atoms with Gasteiger partial charge in [-0.1, -0.05) is 42.5 Å². The van der Waals surface area contributed by atoms with E-state index in [-0.39, 0.29) is 5.56 Å². The molecule has 3 aromatic carbocycles. The van der Waals surface area contributed by atoms with Gasteiger partial charge >= 0.3 is 0 Å². The number of aromatic nitrogens is 5. The zero-order chi connectivity index (χ0) is 28.5. The molecule has 0 amide bonds. The van der Waals surface area contributed by atoms with Crippen LogP contribution in [0.1, 0.15) is 39.7 Å². The van der Waals surface area contributed by atoms with Crippen molar-refractivity contribution in [2.75, 3.05) is 38.2 Å². The summed E-state index contributed by atoms with van der Waals surface area (Å²) >= 11 is 0. The van der Waals surface area contributed by atoms with E-state index in [9.17, 15) is 4.79 Å². The number of nitrogens with one attached hydrogen (secondary N) is 1. The average molecular weight is 550 g/mol. The van der Waals surface area contributed by atoms with Crippen molar-refractivity contribution < 1.29 is 4.74 Å². The number of tetrazole rings is 1. The monoisotopic (exact) mass is 549 g/mol. The first kappa shape index (κ1) is 26.7. The molecule has 0 radical (unpaired) electrons. The van der Waals surface area contributed by atoms with Crippen molar-refractivity contribution in [1.82, 2.24) is 30.1 Å². The smallest absolute Gasteiger partial charge is 0.253 e. The Labute approximate surface area is 239 Å². The van der Waals surface area contributed by atoms with Crippen LogP contribution in [0, 0.1) is 20.8 Å². The highest BCUT2D eigenvalue weighted by Crippen LogP contribution is 2.30. The van der Waals surface area contributed by atoms with Crippen LogP contribution in [0.4, 0.5) is 5.69 Å². The number of aryl methyl sites for hydroxylation is 3. The minimum absolute atomic E-state index is 0.118. The van der Waals surface area contributed by atoms with Crippen LogP contribution in [0.2, 0.25) is 0 Å². The lowest BCUT2D eigenvalue weighted by atomic mass is 10.0. The number of piperazine rings is 1. The van der Waals surface area contributed by atoms with Crippen LogP contribution in [-0.2, 0) is 6.54 Å².